The van der Waals surface area contributed by atoms with Crippen LogP contribution in [-0.4, -0.2) is 60.9 Å². The molecule has 2 heterocycles. The number of furan rings is 1. The molecule has 1 N–H and O–H groups in total. The summed E-state index contributed by atoms with van der Waals surface area (Å²) in [5.74, 6) is 2.07. The predicted octanol–water partition coefficient (Wildman–Crippen LogP) is 2.44. The summed E-state index contributed by atoms with van der Waals surface area (Å²) in [5, 5.41) is 3.37. The van der Waals surface area contributed by atoms with Crippen molar-refractivity contribution in [3.05, 3.63) is 24.2 Å². The van der Waals surface area contributed by atoms with Gasteiger partial charge in [0.15, 0.2) is 11.7 Å². The van der Waals surface area contributed by atoms with E-state index in [2.05, 4.69) is 31.0 Å². The fourth-order valence-electron chi connectivity index (χ4n) is 2.79. The van der Waals surface area contributed by atoms with E-state index >= 15 is 0 Å². The summed E-state index contributed by atoms with van der Waals surface area (Å²) in [7, 11) is 0. The Morgan fingerprint density at radius 2 is 2.00 bits per heavy atom. The summed E-state index contributed by atoms with van der Waals surface area (Å²) >= 11 is 0. The zero-order valence-corrected chi connectivity index (χ0v) is 15.1. The molecule has 0 atom stereocenters. The minimum absolute atomic E-state index is 0.0291. The van der Waals surface area contributed by atoms with E-state index in [4.69, 9.17) is 9.41 Å². The van der Waals surface area contributed by atoms with Crippen molar-refractivity contribution >= 4 is 11.9 Å². The standard InChI is InChI=1S/C18H30N4O2/c1-4-19-18(20-9-5-7-15(2)3)22-12-10-21(11-13-22)17(23)16-8-6-14-24-16/h6,8,14-15H,4-5,7,9-13H2,1-3H3,(H,19,20). The number of nitrogens with one attached hydrogen (secondary N) is 1. The van der Waals surface area contributed by atoms with Gasteiger partial charge in [-0.15, -0.1) is 0 Å². The van der Waals surface area contributed by atoms with Gasteiger partial charge >= 0.3 is 0 Å². The number of hydrogen-bond acceptors (Lipinski definition) is 3. The molecule has 0 spiro atoms. The number of nitrogens with zero attached hydrogens (tertiary/aromatic N) is 3. The first-order chi connectivity index (χ1) is 11.6. The molecule has 1 aliphatic heterocycles. The van der Waals surface area contributed by atoms with Crippen molar-refractivity contribution < 1.29 is 9.21 Å². The van der Waals surface area contributed by atoms with Gasteiger partial charge in [-0.3, -0.25) is 9.79 Å². The van der Waals surface area contributed by atoms with Crippen LogP contribution in [0.15, 0.2) is 27.8 Å². The Bertz CT molecular complexity index is 517. The molecule has 0 aliphatic carbocycles. The number of guanidine groups is 1. The van der Waals surface area contributed by atoms with Crippen LogP contribution < -0.4 is 5.32 Å². The van der Waals surface area contributed by atoms with Crippen molar-refractivity contribution in [1.82, 2.24) is 15.1 Å². The monoisotopic (exact) mass is 334 g/mol. The van der Waals surface area contributed by atoms with Crippen LogP contribution >= 0.6 is 0 Å². The van der Waals surface area contributed by atoms with E-state index in [9.17, 15) is 4.79 Å². The van der Waals surface area contributed by atoms with E-state index < -0.39 is 0 Å². The van der Waals surface area contributed by atoms with Crippen LogP contribution in [0.2, 0.25) is 0 Å². The largest absolute Gasteiger partial charge is 0.459 e. The van der Waals surface area contributed by atoms with Crippen LogP contribution in [-0.2, 0) is 0 Å². The highest BCUT2D eigenvalue weighted by Gasteiger charge is 2.25. The molecule has 0 bridgehead atoms. The van der Waals surface area contributed by atoms with Crippen molar-refractivity contribution in [3.8, 4) is 0 Å². The molecule has 1 aliphatic rings. The van der Waals surface area contributed by atoms with E-state index in [-0.39, 0.29) is 5.91 Å². The number of carbonyl (C=O) groups is 1. The maximum atomic E-state index is 12.3. The maximum Gasteiger partial charge on any atom is 0.289 e. The Morgan fingerprint density at radius 3 is 2.58 bits per heavy atom. The smallest absolute Gasteiger partial charge is 0.289 e. The van der Waals surface area contributed by atoms with E-state index in [1.165, 1.54) is 12.7 Å². The summed E-state index contributed by atoms with van der Waals surface area (Å²) in [6, 6.07) is 3.46. The second-order valence-corrected chi connectivity index (χ2v) is 6.53. The molecular formula is C18H30N4O2. The fourth-order valence-corrected chi connectivity index (χ4v) is 2.79. The zero-order chi connectivity index (χ0) is 17.4. The third-order valence-corrected chi connectivity index (χ3v) is 4.13. The Balaban J connectivity index is 1.85. The third kappa shape index (κ3) is 5.28. The summed E-state index contributed by atoms with van der Waals surface area (Å²) in [5.41, 5.74) is 0. The molecule has 1 saturated heterocycles. The number of piperazine rings is 1. The number of aliphatic imine (C=N–C) groups is 1. The number of carbonyl (C=O) groups excluding carboxylic acids is 1. The molecule has 2 rings (SSSR count). The highest BCUT2D eigenvalue weighted by molar-refractivity contribution is 5.91. The zero-order valence-electron chi connectivity index (χ0n) is 15.1. The second kappa shape index (κ2) is 9.35. The number of rotatable bonds is 6. The van der Waals surface area contributed by atoms with Gasteiger partial charge in [0.05, 0.1) is 6.26 Å². The van der Waals surface area contributed by atoms with Gasteiger partial charge < -0.3 is 19.5 Å². The highest BCUT2D eigenvalue weighted by Crippen LogP contribution is 2.10. The molecule has 1 aromatic rings. The first kappa shape index (κ1) is 18.4. The third-order valence-electron chi connectivity index (χ3n) is 4.13. The Kier molecular flexibility index (Phi) is 7.15. The molecule has 0 saturated carbocycles. The van der Waals surface area contributed by atoms with Crippen molar-refractivity contribution in [3.63, 3.8) is 0 Å². The SMILES string of the molecule is CCNC(=NCCCC(C)C)N1CCN(C(=O)c2ccco2)CC1. The lowest BCUT2D eigenvalue weighted by molar-refractivity contribution is 0.0657. The Hall–Kier alpha value is -1.98. The van der Waals surface area contributed by atoms with Gasteiger partial charge in [0.2, 0.25) is 0 Å². The van der Waals surface area contributed by atoms with Crippen LogP contribution in [0.1, 0.15) is 44.2 Å². The first-order valence-electron chi connectivity index (χ1n) is 8.97. The molecule has 1 amide bonds. The maximum absolute atomic E-state index is 12.3. The normalized spacial score (nSPS) is 15.9. The molecule has 6 heteroatoms. The minimum atomic E-state index is -0.0291. The van der Waals surface area contributed by atoms with E-state index in [0.717, 1.165) is 44.5 Å². The van der Waals surface area contributed by atoms with Gasteiger partial charge in [-0.25, -0.2) is 0 Å². The average molecular weight is 334 g/mol. The van der Waals surface area contributed by atoms with Gasteiger partial charge in [0.1, 0.15) is 0 Å². The number of amides is 1. The average Bonchev–Trinajstić information content (AvgIpc) is 3.11. The Morgan fingerprint density at radius 1 is 1.29 bits per heavy atom. The summed E-state index contributed by atoms with van der Waals surface area (Å²) in [4.78, 5) is 21.1. The molecule has 24 heavy (non-hydrogen) atoms. The lowest BCUT2D eigenvalue weighted by Gasteiger charge is -2.36. The molecule has 0 radical (unpaired) electrons. The molecular weight excluding hydrogens is 304 g/mol. The van der Waals surface area contributed by atoms with Crippen LogP contribution in [0, 0.1) is 5.92 Å². The molecule has 0 aromatic carbocycles. The Labute approximate surface area is 144 Å². The summed E-state index contributed by atoms with van der Waals surface area (Å²) in [6.45, 7) is 11.2. The second-order valence-electron chi connectivity index (χ2n) is 6.53. The quantitative estimate of drug-likeness (QED) is 0.493. The first-order valence-corrected chi connectivity index (χ1v) is 8.97. The van der Waals surface area contributed by atoms with Gasteiger partial charge in [0, 0.05) is 39.3 Å². The molecule has 6 nitrogen and oxygen atoms in total. The van der Waals surface area contributed by atoms with Crippen LogP contribution in [0.3, 0.4) is 0 Å². The topological polar surface area (TPSA) is 61.1 Å². The van der Waals surface area contributed by atoms with Gasteiger partial charge in [-0.05, 0) is 37.8 Å². The predicted molar refractivity (Wildman–Crippen MR) is 96.2 cm³/mol. The lowest BCUT2D eigenvalue weighted by atomic mass is 10.1. The van der Waals surface area contributed by atoms with Crippen LogP contribution in [0.5, 0.6) is 0 Å². The molecule has 1 aromatic heterocycles. The highest BCUT2D eigenvalue weighted by atomic mass is 16.3. The van der Waals surface area contributed by atoms with Crippen molar-refractivity contribution in [2.24, 2.45) is 10.9 Å². The fraction of sp³-hybridized carbons (Fsp3) is 0.667. The van der Waals surface area contributed by atoms with Gasteiger partial charge in [-0.2, -0.15) is 0 Å². The van der Waals surface area contributed by atoms with Crippen molar-refractivity contribution in [1.29, 1.82) is 0 Å². The van der Waals surface area contributed by atoms with Crippen LogP contribution in [0.25, 0.3) is 0 Å². The molecule has 134 valence electrons. The van der Waals surface area contributed by atoms with E-state index in [1.807, 2.05) is 4.90 Å². The van der Waals surface area contributed by atoms with Crippen molar-refractivity contribution in [2.75, 3.05) is 39.3 Å². The lowest BCUT2D eigenvalue weighted by Crippen LogP contribution is -2.53. The van der Waals surface area contributed by atoms with Crippen LogP contribution in [0.4, 0.5) is 0 Å². The minimum Gasteiger partial charge on any atom is -0.459 e. The van der Waals surface area contributed by atoms with E-state index in [1.54, 1.807) is 12.1 Å². The summed E-state index contributed by atoms with van der Waals surface area (Å²) in [6.07, 6.45) is 3.86. The van der Waals surface area contributed by atoms with Gasteiger partial charge in [0.25, 0.3) is 5.91 Å². The molecule has 0 unspecified atom stereocenters. The molecule has 1 fully saturated rings. The van der Waals surface area contributed by atoms with Crippen molar-refractivity contribution in [2.45, 2.75) is 33.6 Å². The number of hydrogen-bond donors (Lipinski definition) is 1. The van der Waals surface area contributed by atoms with Gasteiger partial charge in [-0.1, -0.05) is 13.8 Å². The summed E-state index contributed by atoms with van der Waals surface area (Å²) < 4.78 is 5.21. The van der Waals surface area contributed by atoms with E-state index in [0.29, 0.717) is 18.8 Å².